The van der Waals surface area contributed by atoms with Crippen molar-refractivity contribution in [1.82, 2.24) is 5.32 Å². The summed E-state index contributed by atoms with van der Waals surface area (Å²) < 4.78 is 27.7. The van der Waals surface area contributed by atoms with Crippen LogP contribution in [-0.2, 0) is 38.1 Å². The Bertz CT molecular complexity index is 825. The molecule has 2 rings (SSSR count). The molecular weight excluding hydrogens is 410 g/mol. The summed E-state index contributed by atoms with van der Waals surface area (Å²) in [7, 11) is 0. The molecule has 0 unspecified atom stereocenters. The molecule has 0 saturated carbocycles. The van der Waals surface area contributed by atoms with E-state index in [1.54, 1.807) is 18.2 Å². The van der Waals surface area contributed by atoms with Crippen molar-refractivity contribution in [3.63, 3.8) is 0 Å². The van der Waals surface area contributed by atoms with E-state index in [1.807, 2.05) is 13.0 Å². The highest BCUT2D eigenvalue weighted by molar-refractivity contribution is 5.73. The van der Waals surface area contributed by atoms with Gasteiger partial charge in [-0.3, -0.25) is 19.2 Å². The number of hydrogen-bond acceptors (Lipinski definition) is 9. The van der Waals surface area contributed by atoms with Crippen LogP contribution in [0.15, 0.2) is 24.3 Å². The van der Waals surface area contributed by atoms with Crippen LogP contribution in [-0.4, -0.2) is 61.1 Å². The Hall–Kier alpha value is -3.14. The van der Waals surface area contributed by atoms with Crippen LogP contribution in [0.4, 0.5) is 0 Å². The van der Waals surface area contributed by atoms with Crippen molar-refractivity contribution in [2.75, 3.05) is 6.61 Å². The molecule has 1 amide bonds. The van der Waals surface area contributed by atoms with Gasteiger partial charge in [-0.25, -0.2) is 0 Å². The van der Waals surface area contributed by atoms with Gasteiger partial charge in [0.2, 0.25) is 12.2 Å². The van der Waals surface area contributed by atoms with E-state index in [4.69, 9.17) is 23.7 Å². The first-order valence-electron chi connectivity index (χ1n) is 9.70. The molecule has 0 aliphatic carbocycles. The smallest absolute Gasteiger partial charge is 0.303 e. The molecule has 1 heterocycles. The van der Waals surface area contributed by atoms with Gasteiger partial charge in [-0.05, 0) is 24.6 Å². The van der Waals surface area contributed by atoms with Gasteiger partial charge in [-0.2, -0.15) is 0 Å². The molecule has 0 radical (unpaired) electrons. The summed E-state index contributed by atoms with van der Waals surface area (Å²) >= 11 is 0. The molecule has 170 valence electrons. The standard InChI is InChI=1S/C21H27NO9/c1-11-7-6-8-16(9-11)30-21-18(22-12(2)23)20(29-15(5)26)19(28-14(4)25)17(31-21)10-27-13(3)24/h6-9,17-21H,10H2,1-5H3,(H,22,23)/t17-,18+,19+,20+,21-/m0/s1. The average Bonchev–Trinajstić information content (AvgIpc) is 2.64. The van der Waals surface area contributed by atoms with E-state index in [-0.39, 0.29) is 6.61 Å². The van der Waals surface area contributed by atoms with Gasteiger partial charge < -0.3 is 29.0 Å². The van der Waals surface area contributed by atoms with E-state index in [0.717, 1.165) is 5.56 Å². The normalized spacial score (nSPS) is 25.1. The minimum absolute atomic E-state index is 0.286. The highest BCUT2D eigenvalue weighted by Crippen LogP contribution is 2.29. The highest BCUT2D eigenvalue weighted by atomic mass is 16.7. The van der Waals surface area contributed by atoms with Gasteiger partial charge in [0, 0.05) is 27.7 Å². The van der Waals surface area contributed by atoms with Gasteiger partial charge >= 0.3 is 17.9 Å². The molecule has 1 aliphatic heterocycles. The number of benzene rings is 1. The highest BCUT2D eigenvalue weighted by Gasteiger charge is 2.51. The zero-order valence-corrected chi connectivity index (χ0v) is 18.1. The topological polar surface area (TPSA) is 126 Å². The van der Waals surface area contributed by atoms with Crippen LogP contribution in [0.3, 0.4) is 0 Å². The fourth-order valence-corrected chi connectivity index (χ4v) is 3.21. The van der Waals surface area contributed by atoms with Crippen LogP contribution < -0.4 is 10.1 Å². The maximum atomic E-state index is 11.9. The lowest BCUT2D eigenvalue weighted by molar-refractivity contribution is -0.257. The maximum absolute atomic E-state index is 11.9. The Labute approximate surface area is 180 Å². The largest absolute Gasteiger partial charge is 0.463 e. The summed E-state index contributed by atoms with van der Waals surface area (Å²) in [5, 5.41) is 2.65. The summed E-state index contributed by atoms with van der Waals surface area (Å²) in [4.78, 5) is 46.8. The van der Waals surface area contributed by atoms with Crippen molar-refractivity contribution in [3.8, 4) is 5.75 Å². The SMILES string of the molecule is CC(=O)N[C@H]1[C@@H](Oc2cccc(C)c2)O[C@@H](COC(C)=O)[C@@H](OC(C)=O)[C@@H]1OC(C)=O. The number of aryl methyl sites for hydroxylation is 1. The molecule has 31 heavy (non-hydrogen) atoms. The molecule has 0 bridgehead atoms. The molecule has 1 fully saturated rings. The third kappa shape index (κ3) is 7.25. The molecule has 1 saturated heterocycles. The van der Waals surface area contributed by atoms with E-state index in [9.17, 15) is 19.2 Å². The van der Waals surface area contributed by atoms with Crippen LogP contribution in [0.2, 0.25) is 0 Å². The van der Waals surface area contributed by atoms with Gasteiger partial charge in [-0.15, -0.1) is 0 Å². The second-order valence-corrected chi connectivity index (χ2v) is 7.15. The molecule has 5 atom stereocenters. The predicted octanol–water partition coefficient (Wildman–Crippen LogP) is 1.03. The Balaban J connectivity index is 2.44. The number of ether oxygens (including phenoxy) is 5. The minimum Gasteiger partial charge on any atom is -0.463 e. The number of rotatable bonds is 7. The first-order valence-corrected chi connectivity index (χ1v) is 9.70. The first-order chi connectivity index (χ1) is 14.6. The maximum Gasteiger partial charge on any atom is 0.303 e. The second kappa shape index (κ2) is 10.8. The number of carbonyl (C=O) groups is 4. The molecule has 1 N–H and O–H groups in total. The van der Waals surface area contributed by atoms with Crippen LogP contribution in [0, 0.1) is 6.92 Å². The minimum atomic E-state index is -1.16. The number of nitrogens with one attached hydrogen (secondary N) is 1. The van der Waals surface area contributed by atoms with Crippen LogP contribution in [0.5, 0.6) is 5.75 Å². The zero-order chi connectivity index (χ0) is 23.1. The summed E-state index contributed by atoms with van der Waals surface area (Å²) in [6.07, 6.45) is -4.47. The first kappa shape index (κ1) is 24.1. The van der Waals surface area contributed by atoms with Gasteiger partial charge in [0.15, 0.2) is 12.2 Å². The summed E-state index contributed by atoms with van der Waals surface area (Å²) in [6, 6.07) is 6.10. The van der Waals surface area contributed by atoms with Crippen LogP contribution >= 0.6 is 0 Å². The lowest BCUT2D eigenvalue weighted by Crippen LogP contribution is -2.67. The molecule has 10 heteroatoms. The number of amides is 1. The molecule has 0 aromatic heterocycles. The van der Waals surface area contributed by atoms with Gasteiger partial charge in [-0.1, -0.05) is 12.1 Å². The van der Waals surface area contributed by atoms with Gasteiger partial charge in [0.1, 0.15) is 24.5 Å². The van der Waals surface area contributed by atoms with Crippen molar-refractivity contribution < 1.29 is 42.9 Å². The van der Waals surface area contributed by atoms with Gasteiger partial charge in [0.25, 0.3) is 0 Å². The number of hydrogen-bond donors (Lipinski definition) is 1. The van der Waals surface area contributed by atoms with E-state index < -0.39 is 54.5 Å². The van der Waals surface area contributed by atoms with Gasteiger partial charge in [0.05, 0.1) is 0 Å². The quantitative estimate of drug-likeness (QED) is 0.491. The molecule has 1 aromatic carbocycles. The molecule has 1 aromatic rings. The summed E-state index contributed by atoms with van der Waals surface area (Å²) in [6.45, 7) is 6.45. The number of carbonyl (C=O) groups excluding carboxylic acids is 4. The van der Waals surface area contributed by atoms with Crippen molar-refractivity contribution in [2.24, 2.45) is 0 Å². The Kier molecular flexibility index (Phi) is 8.38. The molecular formula is C21H27NO9. The lowest BCUT2D eigenvalue weighted by atomic mass is 9.96. The van der Waals surface area contributed by atoms with Crippen molar-refractivity contribution >= 4 is 23.8 Å². The van der Waals surface area contributed by atoms with Crippen molar-refractivity contribution in [1.29, 1.82) is 0 Å². The third-order valence-corrected chi connectivity index (χ3v) is 4.31. The lowest BCUT2D eigenvalue weighted by Gasteiger charge is -2.44. The number of esters is 3. The molecule has 1 aliphatic rings. The average molecular weight is 437 g/mol. The summed E-state index contributed by atoms with van der Waals surface area (Å²) in [5.74, 6) is -1.91. The fourth-order valence-electron chi connectivity index (χ4n) is 3.21. The monoisotopic (exact) mass is 437 g/mol. The second-order valence-electron chi connectivity index (χ2n) is 7.15. The van der Waals surface area contributed by atoms with E-state index in [2.05, 4.69) is 5.32 Å². The Morgan fingerprint density at radius 2 is 1.61 bits per heavy atom. The Morgan fingerprint density at radius 1 is 0.968 bits per heavy atom. The molecule has 10 nitrogen and oxygen atoms in total. The third-order valence-electron chi connectivity index (χ3n) is 4.31. The summed E-state index contributed by atoms with van der Waals surface area (Å²) in [5.41, 5.74) is 0.926. The van der Waals surface area contributed by atoms with E-state index >= 15 is 0 Å². The Morgan fingerprint density at radius 3 is 2.16 bits per heavy atom. The van der Waals surface area contributed by atoms with Crippen LogP contribution in [0.25, 0.3) is 0 Å². The van der Waals surface area contributed by atoms with E-state index in [0.29, 0.717) is 5.75 Å². The van der Waals surface area contributed by atoms with Crippen molar-refractivity contribution in [2.45, 2.75) is 65.3 Å². The van der Waals surface area contributed by atoms with E-state index in [1.165, 1.54) is 27.7 Å². The van der Waals surface area contributed by atoms with Crippen LogP contribution in [0.1, 0.15) is 33.3 Å². The van der Waals surface area contributed by atoms with Crippen molar-refractivity contribution in [3.05, 3.63) is 29.8 Å². The molecule has 0 spiro atoms. The zero-order valence-electron chi connectivity index (χ0n) is 18.1. The fraction of sp³-hybridized carbons (Fsp3) is 0.524. The predicted molar refractivity (Wildman–Crippen MR) is 106 cm³/mol.